The molecule has 6 heavy (non-hydrogen) atoms. The lowest BCUT2D eigenvalue weighted by atomic mass is 10.5. The van der Waals surface area contributed by atoms with E-state index in [-0.39, 0.29) is 0 Å². The fourth-order valence-electron chi connectivity index (χ4n) is 0.119. The van der Waals surface area contributed by atoms with Crippen molar-refractivity contribution in [3.63, 3.8) is 0 Å². The van der Waals surface area contributed by atoms with Crippen LogP contribution in [0.3, 0.4) is 0 Å². The fraction of sp³-hybridized carbons (Fsp3) is 1.00. The van der Waals surface area contributed by atoms with E-state index in [1.165, 1.54) is 0 Å². The Balaban J connectivity index is 2.34. The Morgan fingerprint density at radius 1 is 1.67 bits per heavy atom. The maximum absolute atomic E-state index is 5.27. The molecule has 0 N–H and O–H groups in total. The number of thiol groups is 1. The summed E-state index contributed by atoms with van der Waals surface area (Å²) in [5, 5.41) is 0. The van der Waals surface area contributed by atoms with E-state index < -0.39 is 0 Å². The SMILES string of the molecule is SOCCCCl. The second-order valence-corrected chi connectivity index (χ2v) is 1.51. The fourth-order valence-corrected chi connectivity index (χ4v) is 0.357. The summed E-state index contributed by atoms with van der Waals surface area (Å²) in [7, 11) is 0. The molecule has 0 aromatic carbocycles. The lowest BCUT2D eigenvalue weighted by Gasteiger charge is -1.86. The first-order valence-electron chi connectivity index (χ1n) is 1.74. The van der Waals surface area contributed by atoms with E-state index in [4.69, 9.17) is 11.6 Å². The van der Waals surface area contributed by atoms with Crippen LogP contribution in [0.4, 0.5) is 0 Å². The highest BCUT2D eigenvalue weighted by atomic mass is 35.5. The van der Waals surface area contributed by atoms with E-state index in [2.05, 4.69) is 17.1 Å². The van der Waals surface area contributed by atoms with Crippen LogP contribution in [0, 0.1) is 0 Å². The van der Waals surface area contributed by atoms with Gasteiger partial charge in [-0.25, -0.2) is 0 Å². The first kappa shape index (κ1) is 6.60. The number of halogens is 1. The number of rotatable bonds is 3. The Hall–Kier alpha value is 0.600. The summed E-state index contributed by atoms with van der Waals surface area (Å²) < 4.78 is 4.39. The second kappa shape index (κ2) is 5.60. The Morgan fingerprint density at radius 3 is 2.50 bits per heavy atom. The lowest BCUT2D eigenvalue weighted by molar-refractivity contribution is 0.382. The van der Waals surface area contributed by atoms with Gasteiger partial charge in [-0.2, -0.15) is 0 Å². The maximum Gasteiger partial charge on any atom is 0.0621 e. The van der Waals surface area contributed by atoms with E-state index in [1.807, 2.05) is 0 Å². The Bertz CT molecular complexity index is 22.8. The van der Waals surface area contributed by atoms with Gasteiger partial charge >= 0.3 is 0 Å². The molecule has 0 rings (SSSR count). The summed E-state index contributed by atoms with van der Waals surface area (Å²) >= 11 is 8.76. The lowest BCUT2D eigenvalue weighted by Crippen LogP contribution is -1.82. The molecule has 0 amide bonds. The van der Waals surface area contributed by atoms with Crippen molar-refractivity contribution in [1.29, 1.82) is 0 Å². The van der Waals surface area contributed by atoms with Gasteiger partial charge in [-0.3, -0.25) is 0 Å². The molecule has 0 aliphatic heterocycles. The highest BCUT2D eigenvalue weighted by Crippen LogP contribution is 1.86. The van der Waals surface area contributed by atoms with E-state index in [1.54, 1.807) is 0 Å². The zero-order valence-electron chi connectivity index (χ0n) is 3.35. The first-order valence-corrected chi connectivity index (χ1v) is 2.64. The highest BCUT2D eigenvalue weighted by Gasteiger charge is 1.77. The minimum atomic E-state index is 0.645. The van der Waals surface area contributed by atoms with Gasteiger partial charge in [-0.1, -0.05) is 0 Å². The van der Waals surface area contributed by atoms with Gasteiger partial charge < -0.3 is 4.18 Å². The Kier molecular flexibility index (Phi) is 6.16. The van der Waals surface area contributed by atoms with Crippen LogP contribution < -0.4 is 0 Å². The summed E-state index contributed by atoms with van der Waals surface area (Å²) in [5.74, 6) is 0.653. The summed E-state index contributed by atoms with van der Waals surface area (Å²) in [5.41, 5.74) is 0. The van der Waals surface area contributed by atoms with Crippen molar-refractivity contribution in [3.8, 4) is 0 Å². The van der Waals surface area contributed by atoms with Crippen LogP contribution in [0.15, 0.2) is 0 Å². The average molecular weight is 127 g/mol. The molecule has 0 radical (unpaired) electrons. The van der Waals surface area contributed by atoms with Crippen molar-refractivity contribution >= 4 is 24.5 Å². The Morgan fingerprint density at radius 2 is 2.33 bits per heavy atom. The largest absolute Gasteiger partial charge is 0.318 e. The van der Waals surface area contributed by atoms with Gasteiger partial charge in [0.1, 0.15) is 0 Å². The van der Waals surface area contributed by atoms with Crippen molar-refractivity contribution in [2.75, 3.05) is 12.5 Å². The van der Waals surface area contributed by atoms with E-state index >= 15 is 0 Å². The third kappa shape index (κ3) is 4.60. The smallest absolute Gasteiger partial charge is 0.0621 e. The standard InChI is InChI=1S/C3H7ClOS/c4-2-1-3-5-6/h6H,1-3H2. The highest BCUT2D eigenvalue weighted by molar-refractivity contribution is 7.75. The van der Waals surface area contributed by atoms with Gasteiger partial charge in [-0.15, -0.1) is 11.6 Å². The van der Waals surface area contributed by atoms with Crippen LogP contribution in [0.2, 0.25) is 0 Å². The number of hydrogen-bond donors (Lipinski definition) is 1. The van der Waals surface area contributed by atoms with Crippen molar-refractivity contribution in [2.24, 2.45) is 0 Å². The zero-order chi connectivity index (χ0) is 4.83. The van der Waals surface area contributed by atoms with Crippen LogP contribution >= 0.6 is 24.5 Å². The average Bonchev–Trinajstić information content (AvgIpc) is 1.61. The molecule has 0 fully saturated rings. The predicted octanol–water partition coefficient (Wildman–Crippen LogP) is 1.48. The Labute approximate surface area is 48.3 Å². The van der Waals surface area contributed by atoms with Crippen LogP contribution in [0.5, 0.6) is 0 Å². The molecule has 3 heteroatoms. The van der Waals surface area contributed by atoms with Gasteiger partial charge in [0.15, 0.2) is 0 Å². The summed E-state index contributed by atoms with van der Waals surface area (Å²) in [4.78, 5) is 0. The molecule has 0 bridgehead atoms. The minimum Gasteiger partial charge on any atom is -0.318 e. The predicted molar refractivity (Wildman–Crippen MR) is 30.3 cm³/mol. The quantitative estimate of drug-likeness (QED) is 0.261. The van der Waals surface area contributed by atoms with Crippen LogP contribution in [-0.4, -0.2) is 12.5 Å². The summed E-state index contributed by atoms with van der Waals surface area (Å²) in [6, 6.07) is 0. The van der Waals surface area contributed by atoms with Gasteiger partial charge in [-0.05, 0) is 19.3 Å². The van der Waals surface area contributed by atoms with Crippen molar-refractivity contribution in [1.82, 2.24) is 0 Å². The molecule has 0 aliphatic carbocycles. The molecule has 0 aromatic heterocycles. The molecular weight excluding hydrogens is 120 g/mol. The van der Waals surface area contributed by atoms with Gasteiger partial charge in [0.05, 0.1) is 6.61 Å². The summed E-state index contributed by atoms with van der Waals surface area (Å²) in [6.07, 6.45) is 0.880. The molecule has 38 valence electrons. The van der Waals surface area contributed by atoms with Crippen molar-refractivity contribution in [2.45, 2.75) is 6.42 Å². The minimum absolute atomic E-state index is 0.645. The van der Waals surface area contributed by atoms with E-state index in [9.17, 15) is 0 Å². The van der Waals surface area contributed by atoms with Crippen LogP contribution in [-0.2, 0) is 4.18 Å². The third-order valence-corrected chi connectivity index (χ3v) is 0.819. The van der Waals surface area contributed by atoms with Crippen molar-refractivity contribution < 1.29 is 4.18 Å². The second-order valence-electron chi connectivity index (χ2n) is 0.876. The molecule has 0 saturated heterocycles. The van der Waals surface area contributed by atoms with E-state index in [0.717, 1.165) is 6.42 Å². The van der Waals surface area contributed by atoms with Crippen LogP contribution in [0.25, 0.3) is 0 Å². The topological polar surface area (TPSA) is 9.23 Å². The number of alkyl halides is 1. The monoisotopic (exact) mass is 126 g/mol. The molecule has 0 unspecified atom stereocenters. The molecule has 0 aromatic rings. The first-order chi connectivity index (χ1) is 2.91. The normalized spacial score (nSPS) is 9.00. The molecule has 0 heterocycles. The number of hydrogen-bond acceptors (Lipinski definition) is 2. The molecular formula is C3H7ClOS. The van der Waals surface area contributed by atoms with E-state index in [0.29, 0.717) is 12.5 Å². The van der Waals surface area contributed by atoms with Gasteiger partial charge in [0.25, 0.3) is 0 Å². The molecule has 0 aliphatic rings. The maximum atomic E-state index is 5.27. The zero-order valence-corrected chi connectivity index (χ0v) is 5.01. The van der Waals surface area contributed by atoms with Crippen LogP contribution in [0.1, 0.15) is 6.42 Å². The van der Waals surface area contributed by atoms with Crippen molar-refractivity contribution in [3.05, 3.63) is 0 Å². The molecule has 0 saturated carbocycles. The summed E-state index contributed by atoms with van der Waals surface area (Å²) in [6.45, 7) is 0.645. The molecule has 1 nitrogen and oxygen atoms in total. The van der Waals surface area contributed by atoms with Gasteiger partial charge in [0, 0.05) is 5.88 Å². The molecule has 0 atom stereocenters. The van der Waals surface area contributed by atoms with Gasteiger partial charge in [0.2, 0.25) is 0 Å². The third-order valence-electron chi connectivity index (χ3n) is 0.369. The molecule has 0 spiro atoms.